The van der Waals surface area contributed by atoms with Crippen molar-refractivity contribution in [1.82, 2.24) is 0 Å². The molecule has 1 heterocycles. The lowest BCUT2D eigenvalue weighted by atomic mass is 10.0. The SMILES string of the molecule is OC(c1ccc(C(F)(F)F)c(F)c1)c1cc(Br)c(Br)s1. The lowest BCUT2D eigenvalue weighted by molar-refractivity contribution is -0.140. The number of benzene rings is 1. The van der Waals surface area contributed by atoms with E-state index in [9.17, 15) is 22.7 Å². The first kappa shape index (κ1) is 15.9. The van der Waals surface area contributed by atoms with Gasteiger partial charge in [-0.15, -0.1) is 11.3 Å². The molecule has 0 saturated heterocycles. The van der Waals surface area contributed by atoms with Crippen molar-refractivity contribution in [3.8, 4) is 0 Å². The number of aliphatic hydroxyl groups excluding tert-OH is 1. The first-order valence-electron chi connectivity index (χ1n) is 5.19. The van der Waals surface area contributed by atoms with E-state index in [1.807, 2.05) is 0 Å². The summed E-state index contributed by atoms with van der Waals surface area (Å²) >= 11 is 7.69. The summed E-state index contributed by atoms with van der Waals surface area (Å²) in [6.45, 7) is 0. The Labute approximate surface area is 132 Å². The van der Waals surface area contributed by atoms with Gasteiger partial charge in [-0.1, -0.05) is 6.07 Å². The van der Waals surface area contributed by atoms with Gasteiger partial charge in [-0.05, 0) is 55.6 Å². The van der Waals surface area contributed by atoms with E-state index in [2.05, 4.69) is 31.9 Å². The van der Waals surface area contributed by atoms with Crippen molar-refractivity contribution in [2.24, 2.45) is 0 Å². The standard InChI is InChI=1S/C12H6Br2F4OS/c13-7-4-9(20-11(7)14)10(19)5-1-2-6(8(15)3-5)12(16,17)18/h1-4,10,19H. The third kappa shape index (κ3) is 3.24. The molecule has 8 heteroatoms. The number of rotatable bonds is 2. The summed E-state index contributed by atoms with van der Waals surface area (Å²) in [4.78, 5) is 0.489. The van der Waals surface area contributed by atoms with Crippen molar-refractivity contribution in [2.75, 3.05) is 0 Å². The highest BCUT2D eigenvalue weighted by atomic mass is 79.9. The fourth-order valence-electron chi connectivity index (χ4n) is 1.59. The molecule has 2 rings (SSSR count). The van der Waals surface area contributed by atoms with E-state index in [4.69, 9.17) is 0 Å². The fourth-order valence-corrected chi connectivity index (χ4v) is 3.70. The van der Waals surface area contributed by atoms with Gasteiger partial charge >= 0.3 is 6.18 Å². The number of thiophene rings is 1. The largest absolute Gasteiger partial charge is 0.419 e. The maximum atomic E-state index is 13.5. The van der Waals surface area contributed by atoms with E-state index >= 15 is 0 Å². The van der Waals surface area contributed by atoms with E-state index in [0.29, 0.717) is 21.5 Å². The summed E-state index contributed by atoms with van der Waals surface area (Å²) in [5.41, 5.74) is -1.28. The average molecular weight is 434 g/mol. The zero-order valence-corrected chi connectivity index (χ0v) is 13.5. The molecule has 1 unspecified atom stereocenters. The molecule has 0 radical (unpaired) electrons. The number of hydrogen-bond donors (Lipinski definition) is 1. The third-order valence-electron chi connectivity index (χ3n) is 2.55. The van der Waals surface area contributed by atoms with Crippen molar-refractivity contribution in [3.63, 3.8) is 0 Å². The molecular formula is C12H6Br2F4OS. The molecule has 0 aliphatic rings. The molecule has 0 fully saturated rings. The van der Waals surface area contributed by atoms with Crippen LogP contribution in [0.15, 0.2) is 32.5 Å². The second-order valence-corrected chi connectivity index (χ2v) is 7.17. The van der Waals surface area contributed by atoms with Crippen molar-refractivity contribution < 1.29 is 22.7 Å². The molecule has 0 saturated carbocycles. The highest BCUT2D eigenvalue weighted by Gasteiger charge is 2.34. The predicted octanol–water partition coefficient (Wildman–Crippen LogP) is 5.51. The molecule has 0 amide bonds. The first-order chi connectivity index (χ1) is 9.20. The zero-order chi connectivity index (χ0) is 15.1. The summed E-state index contributed by atoms with van der Waals surface area (Å²) in [5, 5.41) is 10.1. The summed E-state index contributed by atoms with van der Waals surface area (Å²) < 4.78 is 52.3. The Hall–Kier alpha value is -0.440. The lowest BCUT2D eigenvalue weighted by Gasteiger charge is -2.12. The van der Waals surface area contributed by atoms with Crippen molar-refractivity contribution in [3.05, 3.63) is 54.3 Å². The molecule has 108 valence electrons. The Morgan fingerprint density at radius 1 is 1.15 bits per heavy atom. The number of hydrogen-bond acceptors (Lipinski definition) is 2. The second-order valence-electron chi connectivity index (χ2n) is 3.91. The minimum Gasteiger partial charge on any atom is -0.383 e. The van der Waals surface area contributed by atoms with Crippen LogP contribution >= 0.6 is 43.2 Å². The molecule has 1 N–H and O–H groups in total. The van der Waals surface area contributed by atoms with E-state index in [1.165, 1.54) is 11.3 Å². The van der Waals surface area contributed by atoms with Crippen LogP contribution in [0.3, 0.4) is 0 Å². The van der Waals surface area contributed by atoms with E-state index in [0.717, 1.165) is 9.85 Å². The highest BCUT2D eigenvalue weighted by molar-refractivity contribution is 9.13. The Balaban J connectivity index is 2.36. The molecule has 2 aromatic rings. The molecule has 1 aromatic carbocycles. The van der Waals surface area contributed by atoms with Gasteiger partial charge in [0.05, 0.1) is 9.35 Å². The number of aliphatic hydroxyl groups is 1. The summed E-state index contributed by atoms with van der Waals surface area (Å²) in [5.74, 6) is -1.40. The molecule has 0 spiro atoms. The molecule has 0 bridgehead atoms. The van der Waals surface area contributed by atoms with E-state index in [-0.39, 0.29) is 5.56 Å². The topological polar surface area (TPSA) is 20.2 Å². The Morgan fingerprint density at radius 2 is 1.80 bits per heavy atom. The lowest BCUT2D eigenvalue weighted by Crippen LogP contribution is -2.09. The molecule has 1 nitrogen and oxygen atoms in total. The molecular weight excluding hydrogens is 428 g/mol. The maximum absolute atomic E-state index is 13.5. The quantitative estimate of drug-likeness (QED) is 0.619. The summed E-state index contributed by atoms with van der Waals surface area (Å²) in [6, 6.07) is 4.02. The van der Waals surface area contributed by atoms with Gasteiger partial charge in [0.15, 0.2) is 0 Å². The Bertz CT molecular complexity index is 619. The molecule has 0 aliphatic carbocycles. The summed E-state index contributed by atoms with van der Waals surface area (Å²) in [6.07, 6.45) is -5.93. The minimum atomic E-state index is -4.75. The van der Waals surface area contributed by atoms with Gasteiger partial charge in [-0.3, -0.25) is 0 Å². The highest BCUT2D eigenvalue weighted by Crippen LogP contribution is 2.38. The Morgan fingerprint density at radius 3 is 2.25 bits per heavy atom. The van der Waals surface area contributed by atoms with Crippen LogP contribution in [0.2, 0.25) is 0 Å². The van der Waals surface area contributed by atoms with E-state index < -0.39 is 23.7 Å². The normalized spacial score (nSPS) is 13.6. The fraction of sp³-hybridized carbons (Fsp3) is 0.167. The predicted molar refractivity (Wildman–Crippen MR) is 75.2 cm³/mol. The third-order valence-corrected chi connectivity index (χ3v) is 5.86. The Kier molecular flexibility index (Phi) is 4.58. The van der Waals surface area contributed by atoms with Crippen LogP contribution in [0.5, 0.6) is 0 Å². The first-order valence-corrected chi connectivity index (χ1v) is 7.60. The minimum absolute atomic E-state index is 0.0664. The van der Waals surface area contributed by atoms with Crippen LogP contribution in [-0.4, -0.2) is 5.11 Å². The van der Waals surface area contributed by atoms with Crippen molar-refractivity contribution in [1.29, 1.82) is 0 Å². The number of halogens is 6. The van der Waals surface area contributed by atoms with Crippen LogP contribution < -0.4 is 0 Å². The van der Waals surface area contributed by atoms with Gasteiger partial charge in [0.25, 0.3) is 0 Å². The van der Waals surface area contributed by atoms with Gasteiger partial charge in [-0.2, -0.15) is 13.2 Å². The molecule has 20 heavy (non-hydrogen) atoms. The van der Waals surface area contributed by atoms with Gasteiger partial charge < -0.3 is 5.11 Å². The average Bonchev–Trinajstić information content (AvgIpc) is 2.67. The monoisotopic (exact) mass is 432 g/mol. The van der Waals surface area contributed by atoms with Crippen molar-refractivity contribution in [2.45, 2.75) is 12.3 Å². The van der Waals surface area contributed by atoms with Crippen LogP contribution in [0.1, 0.15) is 22.1 Å². The van der Waals surface area contributed by atoms with Gasteiger partial charge in [0, 0.05) is 9.35 Å². The van der Waals surface area contributed by atoms with Crippen LogP contribution in [0.4, 0.5) is 17.6 Å². The van der Waals surface area contributed by atoms with Gasteiger partial charge in [0.2, 0.25) is 0 Å². The molecule has 1 aromatic heterocycles. The van der Waals surface area contributed by atoms with Crippen LogP contribution in [-0.2, 0) is 6.18 Å². The van der Waals surface area contributed by atoms with Gasteiger partial charge in [0.1, 0.15) is 11.9 Å². The number of alkyl halides is 3. The van der Waals surface area contributed by atoms with Crippen molar-refractivity contribution >= 4 is 43.2 Å². The maximum Gasteiger partial charge on any atom is 0.419 e. The van der Waals surface area contributed by atoms with Gasteiger partial charge in [-0.25, -0.2) is 4.39 Å². The van der Waals surface area contributed by atoms with Crippen LogP contribution in [0, 0.1) is 5.82 Å². The zero-order valence-electron chi connectivity index (χ0n) is 9.51. The molecule has 0 aliphatic heterocycles. The van der Waals surface area contributed by atoms with E-state index in [1.54, 1.807) is 6.07 Å². The van der Waals surface area contributed by atoms with Crippen LogP contribution in [0.25, 0.3) is 0 Å². The second kappa shape index (κ2) is 5.75. The molecule has 1 atom stereocenters. The summed E-state index contributed by atoms with van der Waals surface area (Å²) in [7, 11) is 0. The smallest absolute Gasteiger partial charge is 0.383 e.